The van der Waals surface area contributed by atoms with Crippen LogP contribution in [0.4, 0.5) is 4.39 Å². The first-order valence-electron chi connectivity index (χ1n) is 4.35. The summed E-state index contributed by atoms with van der Waals surface area (Å²) in [7, 11) is 0. The van der Waals surface area contributed by atoms with Crippen molar-refractivity contribution in [3.8, 4) is 0 Å². The van der Waals surface area contributed by atoms with Gasteiger partial charge in [-0.2, -0.15) is 11.8 Å². The van der Waals surface area contributed by atoms with Gasteiger partial charge in [0.25, 0.3) is 0 Å². The summed E-state index contributed by atoms with van der Waals surface area (Å²) < 4.78 is 12.7. The average Bonchev–Trinajstić information content (AvgIpc) is 2.13. The maximum absolute atomic E-state index is 12.7. The molecule has 0 aliphatic carbocycles. The van der Waals surface area contributed by atoms with E-state index in [0.29, 0.717) is 6.54 Å². The second-order valence-electron chi connectivity index (χ2n) is 2.78. The molecular formula is C10H14FNS. The van der Waals surface area contributed by atoms with Crippen molar-refractivity contribution in [1.29, 1.82) is 0 Å². The predicted molar refractivity (Wildman–Crippen MR) is 56.5 cm³/mol. The van der Waals surface area contributed by atoms with Crippen LogP contribution in [-0.4, -0.2) is 18.1 Å². The normalized spacial score (nSPS) is 10.3. The van der Waals surface area contributed by atoms with Gasteiger partial charge >= 0.3 is 0 Å². The van der Waals surface area contributed by atoms with E-state index in [1.54, 1.807) is 23.9 Å². The first-order chi connectivity index (χ1) is 6.33. The summed E-state index contributed by atoms with van der Waals surface area (Å²) in [6.07, 6.45) is 0.919. The van der Waals surface area contributed by atoms with Crippen LogP contribution in [0.25, 0.3) is 0 Å². The molecule has 0 aromatic heterocycles. The van der Waals surface area contributed by atoms with Crippen LogP contribution in [0, 0.1) is 5.82 Å². The van der Waals surface area contributed by atoms with Gasteiger partial charge in [-0.15, -0.1) is 0 Å². The zero-order valence-corrected chi connectivity index (χ0v) is 8.32. The molecule has 1 aromatic rings. The van der Waals surface area contributed by atoms with E-state index in [1.165, 1.54) is 6.07 Å². The van der Waals surface area contributed by atoms with Crippen molar-refractivity contribution in [3.05, 3.63) is 35.6 Å². The van der Waals surface area contributed by atoms with Crippen LogP contribution in [0.15, 0.2) is 24.3 Å². The second kappa shape index (κ2) is 6.00. The largest absolute Gasteiger partial charge is 0.330 e. The van der Waals surface area contributed by atoms with Gasteiger partial charge < -0.3 is 5.73 Å². The van der Waals surface area contributed by atoms with Crippen LogP contribution in [-0.2, 0) is 6.42 Å². The van der Waals surface area contributed by atoms with Crippen molar-refractivity contribution in [2.45, 2.75) is 6.42 Å². The fourth-order valence-corrected chi connectivity index (χ4v) is 1.82. The van der Waals surface area contributed by atoms with Crippen LogP contribution in [0.3, 0.4) is 0 Å². The molecule has 0 spiro atoms. The van der Waals surface area contributed by atoms with E-state index in [1.807, 2.05) is 6.07 Å². The lowest BCUT2D eigenvalue weighted by Crippen LogP contribution is -2.02. The number of hydrogen-bond donors (Lipinski definition) is 1. The zero-order chi connectivity index (χ0) is 9.52. The van der Waals surface area contributed by atoms with E-state index >= 15 is 0 Å². The summed E-state index contributed by atoms with van der Waals surface area (Å²) in [4.78, 5) is 0. The first kappa shape index (κ1) is 10.5. The van der Waals surface area contributed by atoms with Gasteiger partial charge in [-0.25, -0.2) is 4.39 Å². The minimum absolute atomic E-state index is 0.152. The Hall–Kier alpha value is -0.540. The zero-order valence-electron chi connectivity index (χ0n) is 7.50. The van der Waals surface area contributed by atoms with Crippen LogP contribution in [0.1, 0.15) is 5.56 Å². The number of rotatable bonds is 5. The van der Waals surface area contributed by atoms with Crippen LogP contribution < -0.4 is 5.73 Å². The van der Waals surface area contributed by atoms with Gasteiger partial charge in [0.05, 0.1) is 0 Å². The number of halogens is 1. The number of hydrogen-bond acceptors (Lipinski definition) is 2. The van der Waals surface area contributed by atoms with Gasteiger partial charge in [-0.05, 0) is 29.9 Å². The fraction of sp³-hybridized carbons (Fsp3) is 0.400. The van der Waals surface area contributed by atoms with Gasteiger partial charge in [0.2, 0.25) is 0 Å². The van der Waals surface area contributed by atoms with E-state index in [4.69, 9.17) is 5.73 Å². The molecule has 0 fully saturated rings. The molecule has 0 amide bonds. The van der Waals surface area contributed by atoms with Gasteiger partial charge in [0, 0.05) is 12.3 Å². The highest BCUT2D eigenvalue weighted by Crippen LogP contribution is 2.08. The Labute approximate surface area is 82.5 Å². The molecule has 0 aliphatic heterocycles. The molecule has 1 rings (SSSR count). The third kappa shape index (κ3) is 4.29. The average molecular weight is 199 g/mol. The second-order valence-corrected chi connectivity index (χ2v) is 4.01. The molecule has 3 heteroatoms. The molecule has 2 N–H and O–H groups in total. The monoisotopic (exact) mass is 199 g/mol. The Balaban J connectivity index is 2.28. The summed E-state index contributed by atoms with van der Waals surface area (Å²) in [5, 5.41) is 0. The standard InChI is InChI=1S/C10H14FNS/c11-10-3-1-2-9(8-10)4-6-13-7-5-12/h1-3,8H,4-7,12H2. The molecule has 0 saturated heterocycles. The summed E-state index contributed by atoms with van der Waals surface area (Å²) in [5.74, 6) is 1.84. The molecule has 0 atom stereocenters. The SMILES string of the molecule is NCCSCCc1cccc(F)c1. The fourth-order valence-electron chi connectivity index (χ4n) is 1.07. The highest BCUT2D eigenvalue weighted by atomic mass is 32.2. The Morgan fingerprint density at radius 1 is 1.31 bits per heavy atom. The molecule has 1 aromatic carbocycles. The maximum atomic E-state index is 12.7. The minimum Gasteiger partial charge on any atom is -0.330 e. The van der Waals surface area contributed by atoms with E-state index < -0.39 is 0 Å². The molecule has 0 aliphatic rings. The van der Waals surface area contributed by atoms with Crippen LogP contribution in [0.2, 0.25) is 0 Å². The summed E-state index contributed by atoms with van der Waals surface area (Å²) in [5.41, 5.74) is 6.41. The minimum atomic E-state index is -0.152. The number of benzene rings is 1. The highest BCUT2D eigenvalue weighted by molar-refractivity contribution is 7.99. The van der Waals surface area contributed by atoms with Crippen molar-refractivity contribution in [1.82, 2.24) is 0 Å². The molecular weight excluding hydrogens is 185 g/mol. The Morgan fingerprint density at radius 2 is 2.15 bits per heavy atom. The van der Waals surface area contributed by atoms with Gasteiger partial charge in [-0.1, -0.05) is 12.1 Å². The van der Waals surface area contributed by atoms with Gasteiger partial charge in [-0.3, -0.25) is 0 Å². The molecule has 0 bridgehead atoms. The lowest BCUT2D eigenvalue weighted by molar-refractivity contribution is 0.626. The summed E-state index contributed by atoms with van der Waals surface area (Å²) in [6, 6.07) is 6.75. The third-order valence-corrected chi connectivity index (χ3v) is 2.70. The van der Waals surface area contributed by atoms with E-state index in [-0.39, 0.29) is 5.82 Å². The molecule has 0 unspecified atom stereocenters. The lowest BCUT2D eigenvalue weighted by Gasteiger charge is -2.00. The number of aryl methyl sites for hydroxylation is 1. The Morgan fingerprint density at radius 3 is 2.85 bits per heavy atom. The highest BCUT2D eigenvalue weighted by Gasteiger charge is 1.94. The smallest absolute Gasteiger partial charge is 0.123 e. The van der Waals surface area contributed by atoms with Gasteiger partial charge in [0.1, 0.15) is 5.82 Å². The quantitative estimate of drug-likeness (QED) is 0.735. The Kier molecular flexibility index (Phi) is 4.86. The lowest BCUT2D eigenvalue weighted by atomic mass is 10.2. The van der Waals surface area contributed by atoms with Gasteiger partial charge in [0.15, 0.2) is 0 Å². The molecule has 0 saturated carbocycles. The third-order valence-electron chi connectivity index (χ3n) is 1.69. The van der Waals surface area contributed by atoms with Crippen LogP contribution >= 0.6 is 11.8 Å². The van der Waals surface area contributed by atoms with Crippen LogP contribution in [0.5, 0.6) is 0 Å². The van der Waals surface area contributed by atoms with E-state index in [2.05, 4.69) is 0 Å². The van der Waals surface area contributed by atoms with Crippen molar-refractivity contribution in [2.24, 2.45) is 5.73 Å². The van der Waals surface area contributed by atoms with Crippen molar-refractivity contribution in [3.63, 3.8) is 0 Å². The first-order valence-corrected chi connectivity index (χ1v) is 5.50. The van der Waals surface area contributed by atoms with E-state index in [0.717, 1.165) is 23.5 Å². The topological polar surface area (TPSA) is 26.0 Å². The van der Waals surface area contributed by atoms with Crippen molar-refractivity contribution < 1.29 is 4.39 Å². The summed E-state index contributed by atoms with van der Waals surface area (Å²) in [6.45, 7) is 0.716. The maximum Gasteiger partial charge on any atom is 0.123 e. The molecule has 0 heterocycles. The van der Waals surface area contributed by atoms with E-state index in [9.17, 15) is 4.39 Å². The molecule has 72 valence electrons. The number of nitrogens with two attached hydrogens (primary N) is 1. The number of thioether (sulfide) groups is 1. The van der Waals surface area contributed by atoms with Crippen molar-refractivity contribution in [2.75, 3.05) is 18.1 Å². The van der Waals surface area contributed by atoms with Crippen molar-refractivity contribution >= 4 is 11.8 Å². The molecule has 0 radical (unpaired) electrons. The predicted octanol–water partition coefficient (Wildman–Crippen LogP) is 2.06. The molecule has 1 nitrogen and oxygen atoms in total. The molecule has 13 heavy (non-hydrogen) atoms. The Bertz CT molecular complexity index is 252. The summed E-state index contributed by atoms with van der Waals surface area (Å²) >= 11 is 1.81.